The number of benzene rings is 1. The summed E-state index contributed by atoms with van der Waals surface area (Å²) in [5.74, 6) is -3.28. The van der Waals surface area contributed by atoms with Crippen LogP contribution in [-0.4, -0.2) is 53.3 Å². The van der Waals surface area contributed by atoms with E-state index >= 15 is 0 Å². The van der Waals surface area contributed by atoms with Gasteiger partial charge in [-0.25, -0.2) is 0 Å². The number of unbranched alkanes of at least 4 members (excludes halogenated alkanes) is 1. The lowest BCUT2D eigenvalue weighted by Crippen LogP contribution is -2.54. The molecule has 3 amide bonds. The van der Waals surface area contributed by atoms with Crippen LogP contribution in [0.3, 0.4) is 0 Å². The molecular weight excluding hydrogens is 478 g/mol. The maximum absolute atomic E-state index is 13.4. The zero-order valence-electron chi connectivity index (χ0n) is 22.2. The quantitative estimate of drug-likeness (QED) is 0.212. The van der Waals surface area contributed by atoms with Gasteiger partial charge >= 0.3 is 5.97 Å². The average molecular weight is 518 g/mol. The van der Waals surface area contributed by atoms with Gasteiger partial charge in [0.1, 0.15) is 12.1 Å². The average Bonchev–Trinajstić information content (AvgIpc) is 2.84. The molecule has 1 heterocycles. The van der Waals surface area contributed by atoms with Crippen LogP contribution in [-0.2, 0) is 23.9 Å². The second-order valence-corrected chi connectivity index (χ2v) is 10.2. The molecule has 204 valence electrons. The third-order valence-corrected chi connectivity index (χ3v) is 6.53. The van der Waals surface area contributed by atoms with E-state index in [0.717, 1.165) is 12.8 Å². The van der Waals surface area contributed by atoms with Gasteiger partial charge in [0.2, 0.25) is 12.3 Å². The summed E-state index contributed by atoms with van der Waals surface area (Å²) < 4.78 is 5.80. The summed E-state index contributed by atoms with van der Waals surface area (Å²) in [5.41, 5.74) is -0.0874. The topological polar surface area (TPSA) is 151 Å². The van der Waals surface area contributed by atoms with Crippen molar-refractivity contribution < 1.29 is 33.8 Å². The molecule has 0 aromatic heterocycles. The number of amides is 3. The molecule has 5 atom stereocenters. The van der Waals surface area contributed by atoms with E-state index in [0.29, 0.717) is 12.8 Å². The van der Waals surface area contributed by atoms with Crippen molar-refractivity contribution in [3.05, 3.63) is 23.8 Å². The molecule has 1 fully saturated rings. The number of phenols is 1. The first-order valence-corrected chi connectivity index (χ1v) is 12.9. The zero-order chi connectivity index (χ0) is 27.7. The van der Waals surface area contributed by atoms with Crippen molar-refractivity contribution in [2.75, 3.05) is 5.32 Å². The van der Waals surface area contributed by atoms with Crippen LogP contribution in [0.25, 0.3) is 0 Å². The van der Waals surface area contributed by atoms with E-state index in [9.17, 15) is 29.1 Å². The fourth-order valence-electron chi connectivity index (χ4n) is 4.58. The van der Waals surface area contributed by atoms with E-state index in [2.05, 4.69) is 16.0 Å². The number of carbonyl (C=O) groups is 5. The number of aromatic hydroxyl groups is 1. The molecule has 0 spiro atoms. The van der Waals surface area contributed by atoms with Crippen molar-refractivity contribution in [3.8, 4) is 5.75 Å². The molecule has 1 saturated heterocycles. The maximum atomic E-state index is 13.4. The molecule has 4 N–H and O–H groups in total. The fourth-order valence-corrected chi connectivity index (χ4v) is 4.58. The Hall–Kier alpha value is -3.43. The van der Waals surface area contributed by atoms with Crippen LogP contribution in [0.15, 0.2) is 18.2 Å². The molecule has 0 aliphatic carbocycles. The number of carbonyl (C=O) groups excluding carboxylic acids is 5. The first kappa shape index (κ1) is 29.8. The minimum absolute atomic E-state index is 0.0226. The number of Topliss-reactive ketones (excluding diaryl/α,β-unsaturated/α-hetero) is 1. The van der Waals surface area contributed by atoms with E-state index in [1.54, 1.807) is 13.8 Å². The summed E-state index contributed by atoms with van der Waals surface area (Å²) in [7, 11) is 0. The van der Waals surface area contributed by atoms with Crippen LogP contribution < -0.4 is 16.0 Å². The van der Waals surface area contributed by atoms with Gasteiger partial charge in [-0.3, -0.25) is 24.0 Å². The van der Waals surface area contributed by atoms with Crippen molar-refractivity contribution in [1.29, 1.82) is 0 Å². The number of hydrogen-bond acceptors (Lipinski definition) is 7. The second-order valence-electron chi connectivity index (χ2n) is 10.2. The highest BCUT2D eigenvalue weighted by atomic mass is 16.5. The molecule has 1 aromatic rings. The summed E-state index contributed by atoms with van der Waals surface area (Å²) in [6.45, 7) is 9.19. The highest BCUT2D eigenvalue weighted by molar-refractivity contribution is 6.02. The minimum Gasteiger partial charge on any atom is -0.505 e. The number of para-hydroxylation sites is 1. The lowest BCUT2D eigenvalue weighted by Gasteiger charge is -2.30. The van der Waals surface area contributed by atoms with E-state index < -0.39 is 47.6 Å². The van der Waals surface area contributed by atoms with Crippen LogP contribution in [0.1, 0.15) is 77.1 Å². The van der Waals surface area contributed by atoms with E-state index in [1.807, 2.05) is 20.8 Å². The predicted octanol–water partition coefficient (Wildman–Crippen LogP) is 2.94. The van der Waals surface area contributed by atoms with Gasteiger partial charge in [0, 0.05) is 18.8 Å². The number of ether oxygens (including phenoxy) is 1. The molecular formula is C27H39N3O7. The second kappa shape index (κ2) is 13.8. The zero-order valence-corrected chi connectivity index (χ0v) is 22.2. The van der Waals surface area contributed by atoms with Crippen molar-refractivity contribution in [2.24, 2.45) is 17.8 Å². The third-order valence-electron chi connectivity index (χ3n) is 6.53. The predicted molar refractivity (Wildman–Crippen MR) is 138 cm³/mol. The van der Waals surface area contributed by atoms with Crippen LogP contribution in [0.4, 0.5) is 5.69 Å². The maximum Gasteiger partial charge on any atom is 0.306 e. The molecule has 37 heavy (non-hydrogen) atoms. The number of hydrogen-bond donors (Lipinski definition) is 4. The number of phenolic OH excluding ortho intramolecular Hbond substituents is 1. The summed E-state index contributed by atoms with van der Waals surface area (Å²) in [6, 6.07) is 2.42. The van der Waals surface area contributed by atoms with Gasteiger partial charge in [-0.15, -0.1) is 0 Å². The Balaban J connectivity index is 2.34. The van der Waals surface area contributed by atoms with Crippen LogP contribution in [0, 0.1) is 17.8 Å². The third kappa shape index (κ3) is 8.03. The lowest BCUT2D eigenvalue weighted by molar-refractivity contribution is -0.159. The summed E-state index contributed by atoms with van der Waals surface area (Å²) in [5, 5.41) is 18.2. The molecule has 5 unspecified atom stereocenters. The number of ketones is 1. The largest absolute Gasteiger partial charge is 0.505 e. The van der Waals surface area contributed by atoms with Gasteiger partial charge < -0.3 is 25.8 Å². The molecule has 10 heteroatoms. The molecule has 1 aromatic carbocycles. The van der Waals surface area contributed by atoms with Crippen molar-refractivity contribution >= 4 is 35.7 Å². The molecule has 2 rings (SSSR count). The van der Waals surface area contributed by atoms with Gasteiger partial charge in [0.05, 0.1) is 23.2 Å². The van der Waals surface area contributed by atoms with Gasteiger partial charge in [-0.1, -0.05) is 46.6 Å². The number of rotatable bonds is 10. The van der Waals surface area contributed by atoms with Gasteiger partial charge in [-0.05, 0) is 31.4 Å². The number of anilines is 1. The van der Waals surface area contributed by atoms with Gasteiger partial charge in [0.15, 0.2) is 11.5 Å². The van der Waals surface area contributed by atoms with E-state index in [-0.39, 0.29) is 41.7 Å². The van der Waals surface area contributed by atoms with Gasteiger partial charge in [-0.2, -0.15) is 0 Å². The van der Waals surface area contributed by atoms with Crippen molar-refractivity contribution in [3.63, 3.8) is 0 Å². The summed E-state index contributed by atoms with van der Waals surface area (Å²) in [4.78, 5) is 63.1. The molecule has 1 aliphatic heterocycles. The fraction of sp³-hybridized carbons (Fsp3) is 0.593. The Morgan fingerprint density at radius 2 is 1.95 bits per heavy atom. The monoisotopic (exact) mass is 517 g/mol. The number of esters is 1. The van der Waals surface area contributed by atoms with Crippen molar-refractivity contribution in [1.82, 2.24) is 10.6 Å². The Morgan fingerprint density at radius 3 is 2.57 bits per heavy atom. The highest BCUT2D eigenvalue weighted by Gasteiger charge is 2.41. The Labute approximate surface area is 217 Å². The molecule has 10 nitrogen and oxygen atoms in total. The standard InChI is InChI=1S/C27H39N3O7/c1-6-7-9-19-25(37-22(33)12-15(2)3)16(4)13-21(32)23(17(5)29-27(19)36)30-26(35)18-10-8-11-20(24(18)34)28-14-31/h8,10-11,14-17,19,23,25,34H,6-7,9,12-13H2,1-5H3,(H,28,31)(H,29,36)(H,30,35). The van der Waals surface area contributed by atoms with Crippen molar-refractivity contribution in [2.45, 2.75) is 84.9 Å². The van der Waals surface area contributed by atoms with E-state index in [1.165, 1.54) is 18.2 Å². The highest BCUT2D eigenvalue weighted by Crippen LogP contribution is 2.30. The van der Waals surface area contributed by atoms with Gasteiger partial charge in [0.25, 0.3) is 5.91 Å². The first-order chi connectivity index (χ1) is 17.5. The summed E-state index contributed by atoms with van der Waals surface area (Å²) in [6.07, 6.45) is 1.86. The SMILES string of the molecule is CCCCC1C(=O)NC(C)C(NC(=O)c2cccc(NC=O)c2O)C(=O)CC(C)C1OC(=O)CC(C)C. The minimum atomic E-state index is -1.09. The smallest absolute Gasteiger partial charge is 0.306 e. The normalized spacial score (nSPS) is 24.3. The number of nitrogens with one attached hydrogen (secondary N) is 3. The van der Waals surface area contributed by atoms with Crippen LogP contribution in [0.5, 0.6) is 5.75 Å². The van der Waals surface area contributed by atoms with E-state index in [4.69, 9.17) is 4.74 Å². The molecule has 1 aliphatic rings. The summed E-state index contributed by atoms with van der Waals surface area (Å²) >= 11 is 0. The first-order valence-electron chi connectivity index (χ1n) is 12.9. The van der Waals surface area contributed by atoms with Crippen LogP contribution >= 0.6 is 0 Å². The Morgan fingerprint density at radius 1 is 1.24 bits per heavy atom. The van der Waals surface area contributed by atoms with Crippen LogP contribution in [0.2, 0.25) is 0 Å². The lowest BCUT2D eigenvalue weighted by atomic mass is 9.84. The molecule has 0 saturated carbocycles. The Kier molecular flexibility index (Phi) is 11.1. The Bertz CT molecular complexity index is 994. The molecule has 0 bridgehead atoms. The molecule has 0 radical (unpaired) electrons.